The standard InChI is InChI=1S/C23H35Cl2NO4/c1-6-18-16-20(28-15-10-21(24)25)17-19(7-2)22(18)29-14-9-13-27-12-8-11-26-30-23(3,4)5/h10-11,16-17H,6-9,12-15H2,1-5H3. The summed E-state index contributed by atoms with van der Waals surface area (Å²) in [6.07, 6.45) is 6.62. The van der Waals surface area contributed by atoms with Crippen LogP contribution in [0.2, 0.25) is 0 Å². The predicted octanol–water partition coefficient (Wildman–Crippen LogP) is 6.49. The Morgan fingerprint density at radius 3 is 2.23 bits per heavy atom. The van der Waals surface area contributed by atoms with Crippen LogP contribution < -0.4 is 9.47 Å². The average Bonchev–Trinajstić information content (AvgIpc) is 2.68. The minimum atomic E-state index is -0.261. The topological polar surface area (TPSA) is 49.3 Å². The SMILES string of the molecule is CCc1cc(OCC=C(Cl)Cl)cc(CC)c1OCCCOCCC=NOC(C)(C)C. The van der Waals surface area contributed by atoms with Gasteiger partial charge in [0.2, 0.25) is 0 Å². The largest absolute Gasteiger partial charge is 0.493 e. The highest BCUT2D eigenvalue weighted by atomic mass is 35.5. The zero-order valence-electron chi connectivity index (χ0n) is 18.8. The second kappa shape index (κ2) is 14.6. The van der Waals surface area contributed by atoms with E-state index in [9.17, 15) is 0 Å². The van der Waals surface area contributed by atoms with Crippen LogP contribution in [0.25, 0.3) is 0 Å². The molecule has 0 fully saturated rings. The maximum atomic E-state index is 6.09. The second-order valence-electron chi connectivity index (χ2n) is 7.68. The molecule has 0 saturated carbocycles. The summed E-state index contributed by atoms with van der Waals surface area (Å²) in [6.45, 7) is 12.3. The van der Waals surface area contributed by atoms with Gasteiger partial charge < -0.3 is 19.0 Å². The number of benzene rings is 1. The Balaban J connectivity index is 2.42. The van der Waals surface area contributed by atoms with E-state index < -0.39 is 0 Å². The van der Waals surface area contributed by atoms with Crippen molar-refractivity contribution in [3.05, 3.63) is 33.8 Å². The van der Waals surface area contributed by atoms with Gasteiger partial charge in [-0.2, -0.15) is 0 Å². The summed E-state index contributed by atoms with van der Waals surface area (Å²) in [4.78, 5) is 5.28. The molecule has 5 nitrogen and oxygen atoms in total. The van der Waals surface area contributed by atoms with Gasteiger partial charge in [0.1, 0.15) is 28.2 Å². The van der Waals surface area contributed by atoms with E-state index in [4.69, 9.17) is 42.3 Å². The van der Waals surface area contributed by atoms with E-state index in [0.29, 0.717) is 26.4 Å². The highest BCUT2D eigenvalue weighted by Gasteiger charge is 2.11. The lowest BCUT2D eigenvalue weighted by Crippen LogP contribution is -2.15. The summed E-state index contributed by atoms with van der Waals surface area (Å²) >= 11 is 11.3. The number of oxime groups is 1. The first-order valence-corrected chi connectivity index (χ1v) is 11.2. The van der Waals surface area contributed by atoms with Gasteiger partial charge in [-0.25, -0.2) is 0 Å². The highest BCUT2D eigenvalue weighted by molar-refractivity contribution is 6.55. The smallest absolute Gasteiger partial charge is 0.129 e. The molecule has 30 heavy (non-hydrogen) atoms. The Kier molecular flexibility index (Phi) is 12.9. The molecule has 1 rings (SSSR count). The molecule has 1 aromatic rings. The van der Waals surface area contributed by atoms with Crippen molar-refractivity contribution in [1.82, 2.24) is 0 Å². The Bertz CT molecular complexity index is 655. The minimum Gasteiger partial charge on any atom is -0.493 e. The molecule has 7 heteroatoms. The number of aryl methyl sites for hydroxylation is 2. The van der Waals surface area contributed by atoms with Crippen molar-refractivity contribution >= 4 is 29.4 Å². The van der Waals surface area contributed by atoms with Gasteiger partial charge in [-0.1, -0.05) is 42.2 Å². The van der Waals surface area contributed by atoms with Gasteiger partial charge in [0.25, 0.3) is 0 Å². The summed E-state index contributed by atoms with van der Waals surface area (Å²) in [5.74, 6) is 1.74. The Morgan fingerprint density at radius 1 is 1.00 bits per heavy atom. The number of hydrogen-bond donors (Lipinski definition) is 0. The molecule has 0 aliphatic heterocycles. The van der Waals surface area contributed by atoms with Crippen LogP contribution >= 0.6 is 23.2 Å². The molecule has 0 heterocycles. The van der Waals surface area contributed by atoms with Gasteiger partial charge in [-0.05, 0) is 62.9 Å². The fourth-order valence-corrected chi connectivity index (χ4v) is 2.66. The van der Waals surface area contributed by atoms with E-state index in [-0.39, 0.29) is 10.1 Å². The van der Waals surface area contributed by atoms with Gasteiger partial charge in [-0.3, -0.25) is 0 Å². The third kappa shape index (κ3) is 11.7. The van der Waals surface area contributed by atoms with Gasteiger partial charge in [0.15, 0.2) is 0 Å². The normalized spacial score (nSPS) is 11.6. The van der Waals surface area contributed by atoms with Crippen molar-refractivity contribution in [3.63, 3.8) is 0 Å². The number of nitrogens with zero attached hydrogens (tertiary/aromatic N) is 1. The third-order valence-corrected chi connectivity index (χ3v) is 4.25. The molecule has 0 amide bonds. The first kappa shape index (κ1) is 26.6. The molecule has 0 N–H and O–H groups in total. The van der Waals surface area contributed by atoms with E-state index in [1.165, 1.54) is 0 Å². The zero-order chi connectivity index (χ0) is 22.4. The molecular formula is C23H35Cl2NO4. The summed E-state index contributed by atoms with van der Waals surface area (Å²) in [7, 11) is 0. The van der Waals surface area contributed by atoms with Crippen LogP contribution in [0.3, 0.4) is 0 Å². The monoisotopic (exact) mass is 459 g/mol. The van der Waals surface area contributed by atoms with Crippen molar-refractivity contribution in [3.8, 4) is 11.5 Å². The molecule has 0 radical (unpaired) electrons. The molecule has 1 aromatic carbocycles. The lowest BCUT2D eigenvalue weighted by Gasteiger charge is -2.17. The van der Waals surface area contributed by atoms with Crippen molar-refractivity contribution in [2.45, 2.75) is 65.9 Å². The molecule has 0 unspecified atom stereocenters. The van der Waals surface area contributed by atoms with Crippen molar-refractivity contribution in [2.24, 2.45) is 5.16 Å². The lowest BCUT2D eigenvalue weighted by molar-refractivity contribution is 0.00127. The first-order valence-electron chi connectivity index (χ1n) is 10.5. The van der Waals surface area contributed by atoms with Crippen LogP contribution in [0.1, 0.15) is 58.6 Å². The summed E-state index contributed by atoms with van der Waals surface area (Å²) < 4.78 is 17.7. The molecule has 0 aliphatic carbocycles. The van der Waals surface area contributed by atoms with Gasteiger partial charge in [0, 0.05) is 25.7 Å². The third-order valence-electron chi connectivity index (χ3n) is 3.94. The van der Waals surface area contributed by atoms with Crippen LogP contribution in [0.4, 0.5) is 0 Å². The molecular weight excluding hydrogens is 425 g/mol. The predicted molar refractivity (Wildman–Crippen MR) is 125 cm³/mol. The first-order chi connectivity index (χ1) is 14.3. The van der Waals surface area contributed by atoms with E-state index >= 15 is 0 Å². The average molecular weight is 460 g/mol. The van der Waals surface area contributed by atoms with Crippen LogP contribution in [-0.4, -0.2) is 38.2 Å². The maximum Gasteiger partial charge on any atom is 0.129 e. The quantitative estimate of drug-likeness (QED) is 0.181. The lowest BCUT2D eigenvalue weighted by atomic mass is 10.0. The summed E-state index contributed by atoms with van der Waals surface area (Å²) in [5.41, 5.74) is 1.99. The van der Waals surface area contributed by atoms with E-state index in [1.807, 2.05) is 32.9 Å². The fourth-order valence-electron chi connectivity index (χ4n) is 2.54. The second-order valence-corrected chi connectivity index (χ2v) is 8.69. The zero-order valence-corrected chi connectivity index (χ0v) is 20.3. The molecule has 0 saturated heterocycles. The van der Waals surface area contributed by atoms with Crippen LogP contribution in [0.5, 0.6) is 11.5 Å². The van der Waals surface area contributed by atoms with Crippen LogP contribution in [-0.2, 0) is 22.4 Å². The fraction of sp³-hybridized carbons (Fsp3) is 0.609. The van der Waals surface area contributed by atoms with Gasteiger partial charge in [-0.15, -0.1) is 0 Å². The Hall–Kier alpha value is -1.43. The van der Waals surface area contributed by atoms with Crippen LogP contribution in [0, 0.1) is 0 Å². The van der Waals surface area contributed by atoms with E-state index in [1.54, 1.807) is 12.3 Å². The van der Waals surface area contributed by atoms with E-state index in [2.05, 4.69) is 19.0 Å². The Morgan fingerprint density at radius 2 is 1.67 bits per heavy atom. The number of halogens is 2. The van der Waals surface area contributed by atoms with Crippen molar-refractivity contribution in [2.75, 3.05) is 26.4 Å². The number of ether oxygens (including phenoxy) is 3. The minimum absolute atomic E-state index is 0.203. The molecule has 0 aliphatic rings. The van der Waals surface area contributed by atoms with E-state index in [0.717, 1.165) is 48.3 Å². The number of hydrogen-bond acceptors (Lipinski definition) is 5. The van der Waals surface area contributed by atoms with Gasteiger partial charge in [0.05, 0.1) is 13.2 Å². The van der Waals surface area contributed by atoms with Crippen LogP contribution in [0.15, 0.2) is 27.9 Å². The molecule has 0 atom stereocenters. The van der Waals surface area contributed by atoms with Gasteiger partial charge >= 0.3 is 0 Å². The molecule has 0 bridgehead atoms. The van der Waals surface area contributed by atoms with Crippen molar-refractivity contribution in [1.29, 1.82) is 0 Å². The maximum absolute atomic E-state index is 6.09. The highest BCUT2D eigenvalue weighted by Crippen LogP contribution is 2.31. The summed E-state index contributed by atoms with van der Waals surface area (Å²) in [5, 5.41) is 3.93. The Labute approximate surface area is 191 Å². The number of rotatable bonds is 14. The van der Waals surface area contributed by atoms with Crippen molar-refractivity contribution < 1.29 is 19.0 Å². The molecule has 170 valence electrons. The molecule has 0 aromatic heterocycles. The summed E-state index contributed by atoms with van der Waals surface area (Å²) in [6, 6.07) is 4.03. The molecule has 0 spiro atoms.